The number of hydrogen-bond donors (Lipinski definition) is 1. The third kappa shape index (κ3) is 2.65. The van der Waals surface area contributed by atoms with Crippen molar-refractivity contribution in [2.45, 2.75) is 44.0 Å². The fourth-order valence-electron chi connectivity index (χ4n) is 2.92. The molecular weight excluding hydrogens is 306 g/mol. The average molecular weight is 325 g/mol. The molecule has 1 fully saturated rings. The maximum atomic E-state index is 13.0. The van der Waals surface area contributed by atoms with Crippen LogP contribution in [0, 0.1) is 13.8 Å². The standard InChI is InChI=1S/C14H19N3O2S2/c1-10-9-13(11(2)20-10)21(18,19)17-8-4-3-5-12(17)14-15-6-7-16-14/h6-7,9,12H,3-5,8H2,1-2H3,(H,15,16). The number of imidazole rings is 1. The molecule has 3 heterocycles. The second kappa shape index (κ2) is 5.55. The number of nitrogens with zero attached hydrogens (tertiary/aromatic N) is 2. The van der Waals surface area contributed by atoms with Crippen LogP contribution in [-0.4, -0.2) is 29.2 Å². The van der Waals surface area contributed by atoms with Gasteiger partial charge in [-0.15, -0.1) is 11.3 Å². The molecule has 21 heavy (non-hydrogen) atoms. The molecule has 0 radical (unpaired) electrons. The summed E-state index contributed by atoms with van der Waals surface area (Å²) < 4.78 is 27.7. The lowest BCUT2D eigenvalue weighted by atomic mass is 10.0. The quantitative estimate of drug-likeness (QED) is 0.943. The van der Waals surface area contributed by atoms with E-state index in [1.807, 2.05) is 13.8 Å². The summed E-state index contributed by atoms with van der Waals surface area (Å²) in [6.45, 7) is 4.37. The lowest BCUT2D eigenvalue weighted by Gasteiger charge is -2.33. The molecular formula is C14H19N3O2S2. The van der Waals surface area contributed by atoms with E-state index in [1.165, 1.54) is 11.3 Å². The molecule has 1 saturated heterocycles. The number of rotatable bonds is 3. The van der Waals surface area contributed by atoms with Crippen molar-refractivity contribution in [3.63, 3.8) is 0 Å². The molecule has 0 bridgehead atoms. The summed E-state index contributed by atoms with van der Waals surface area (Å²) in [6.07, 6.45) is 6.16. The molecule has 3 rings (SSSR count). The van der Waals surface area contributed by atoms with Gasteiger partial charge in [0, 0.05) is 28.7 Å². The van der Waals surface area contributed by atoms with Crippen LogP contribution in [0.25, 0.3) is 0 Å². The Morgan fingerprint density at radius 2 is 2.19 bits per heavy atom. The Balaban J connectivity index is 2.01. The third-order valence-electron chi connectivity index (χ3n) is 3.87. The number of piperidine rings is 1. The average Bonchev–Trinajstić information content (AvgIpc) is 3.08. The molecule has 5 nitrogen and oxygen atoms in total. The van der Waals surface area contributed by atoms with Gasteiger partial charge in [0.2, 0.25) is 10.0 Å². The maximum absolute atomic E-state index is 13.0. The molecule has 2 aromatic rings. The van der Waals surface area contributed by atoms with Crippen molar-refractivity contribution in [2.75, 3.05) is 6.54 Å². The first-order valence-corrected chi connectivity index (χ1v) is 9.34. The number of nitrogens with one attached hydrogen (secondary N) is 1. The van der Waals surface area contributed by atoms with Crippen LogP contribution < -0.4 is 0 Å². The smallest absolute Gasteiger partial charge is 0.244 e. The molecule has 2 aromatic heterocycles. The van der Waals surface area contributed by atoms with E-state index in [-0.39, 0.29) is 6.04 Å². The Morgan fingerprint density at radius 1 is 1.38 bits per heavy atom. The molecule has 0 aromatic carbocycles. The predicted octanol–water partition coefficient (Wildman–Crippen LogP) is 3.00. The fraction of sp³-hybridized carbons (Fsp3) is 0.500. The van der Waals surface area contributed by atoms with Crippen LogP contribution >= 0.6 is 11.3 Å². The monoisotopic (exact) mass is 325 g/mol. The van der Waals surface area contributed by atoms with E-state index < -0.39 is 10.0 Å². The molecule has 1 N–H and O–H groups in total. The van der Waals surface area contributed by atoms with Crippen LogP contribution in [0.2, 0.25) is 0 Å². The number of H-pyrrole nitrogens is 1. The van der Waals surface area contributed by atoms with E-state index in [0.29, 0.717) is 11.4 Å². The predicted molar refractivity (Wildman–Crippen MR) is 82.9 cm³/mol. The van der Waals surface area contributed by atoms with Crippen molar-refractivity contribution < 1.29 is 8.42 Å². The molecule has 1 aliphatic rings. The number of aromatic nitrogens is 2. The van der Waals surface area contributed by atoms with Crippen LogP contribution in [-0.2, 0) is 10.0 Å². The Bertz CT molecular complexity index is 719. The number of thiophene rings is 1. The molecule has 114 valence electrons. The largest absolute Gasteiger partial charge is 0.347 e. The van der Waals surface area contributed by atoms with Gasteiger partial charge in [-0.1, -0.05) is 6.42 Å². The van der Waals surface area contributed by atoms with Gasteiger partial charge in [0.15, 0.2) is 0 Å². The van der Waals surface area contributed by atoms with Crippen molar-refractivity contribution in [2.24, 2.45) is 0 Å². The summed E-state index contributed by atoms with van der Waals surface area (Å²) in [6, 6.07) is 1.60. The van der Waals surface area contributed by atoms with Crippen LogP contribution in [0.4, 0.5) is 0 Å². The second-order valence-electron chi connectivity index (χ2n) is 5.38. The van der Waals surface area contributed by atoms with E-state index in [9.17, 15) is 8.42 Å². The summed E-state index contributed by atoms with van der Waals surface area (Å²) in [7, 11) is -3.46. The summed E-state index contributed by atoms with van der Waals surface area (Å²) in [5, 5.41) is 0. The number of aromatic amines is 1. The molecule has 0 amide bonds. The summed E-state index contributed by atoms with van der Waals surface area (Å²) in [4.78, 5) is 9.66. The Kier molecular flexibility index (Phi) is 3.90. The van der Waals surface area contributed by atoms with Crippen molar-refractivity contribution in [3.8, 4) is 0 Å². The minimum atomic E-state index is -3.46. The normalized spacial score (nSPS) is 20.8. The van der Waals surface area contributed by atoms with E-state index in [0.717, 1.165) is 34.8 Å². The molecule has 1 unspecified atom stereocenters. The lowest BCUT2D eigenvalue weighted by Crippen LogP contribution is -2.39. The fourth-order valence-corrected chi connectivity index (χ4v) is 6.10. The van der Waals surface area contributed by atoms with Gasteiger partial charge in [-0.25, -0.2) is 13.4 Å². The van der Waals surface area contributed by atoms with Crippen LogP contribution in [0.3, 0.4) is 0 Å². The lowest BCUT2D eigenvalue weighted by molar-refractivity contribution is 0.247. The van der Waals surface area contributed by atoms with Gasteiger partial charge in [-0.3, -0.25) is 0 Å². The molecule has 1 aliphatic heterocycles. The first kappa shape index (κ1) is 14.7. The highest BCUT2D eigenvalue weighted by atomic mass is 32.2. The third-order valence-corrected chi connectivity index (χ3v) is 7.00. The van der Waals surface area contributed by atoms with Crippen molar-refractivity contribution in [1.82, 2.24) is 14.3 Å². The van der Waals surface area contributed by atoms with Gasteiger partial charge >= 0.3 is 0 Å². The Labute approximate surface area is 129 Å². The number of aryl methyl sites for hydroxylation is 2. The van der Waals surface area contributed by atoms with Gasteiger partial charge in [-0.05, 0) is 32.8 Å². The van der Waals surface area contributed by atoms with Crippen molar-refractivity contribution >= 4 is 21.4 Å². The molecule has 7 heteroatoms. The van der Waals surface area contributed by atoms with Gasteiger partial charge in [-0.2, -0.15) is 4.31 Å². The zero-order chi connectivity index (χ0) is 15.0. The summed E-state index contributed by atoms with van der Waals surface area (Å²) in [5.41, 5.74) is 0. The zero-order valence-electron chi connectivity index (χ0n) is 12.2. The number of hydrogen-bond acceptors (Lipinski definition) is 4. The van der Waals surface area contributed by atoms with Gasteiger partial charge in [0.05, 0.1) is 10.9 Å². The first-order chi connectivity index (χ1) is 10.00. The topological polar surface area (TPSA) is 66.1 Å². The summed E-state index contributed by atoms with van der Waals surface area (Å²) >= 11 is 1.53. The SMILES string of the molecule is Cc1cc(S(=O)(=O)N2CCCCC2c2ncc[nH]2)c(C)s1. The highest BCUT2D eigenvalue weighted by Gasteiger charge is 2.36. The van der Waals surface area contributed by atoms with Crippen LogP contribution in [0.15, 0.2) is 23.4 Å². The highest BCUT2D eigenvalue weighted by molar-refractivity contribution is 7.89. The van der Waals surface area contributed by atoms with Gasteiger partial charge < -0.3 is 4.98 Å². The van der Waals surface area contributed by atoms with Crippen molar-refractivity contribution in [3.05, 3.63) is 34.0 Å². The van der Waals surface area contributed by atoms with E-state index >= 15 is 0 Å². The highest BCUT2D eigenvalue weighted by Crippen LogP contribution is 2.36. The Morgan fingerprint density at radius 3 is 2.81 bits per heavy atom. The molecule has 1 atom stereocenters. The van der Waals surface area contributed by atoms with E-state index in [4.69, 9.17) is 0 Å². The van der Waals surface area contributed by atoms with Gasteiger partial charge in [0.1, 0.15) is 5.82 Å². The van der Waals surface area contributed by atoms with Gasteiger partial charge in [0.25, 0.3) is 0 Å². The minimum Gasteiger partial charge on any atom is -0.347 e. The maximum Gasteiger partial charge on any atom is 0.244 e. The van der Waals surface area contributed by atoms with Crippen LogP contribution in [0.1, 0.15) is 40.9 Å². The van der Waals surface area contributed by atoms with E-state index in [1.54, 1.807) is 22.8 Å². The molecule has 0 saturated carbocycles. The zero-order valence-corrected chi connectivity index (χ0v) is 13.8. The second-order valence-corrected chi connectivity index (χ2v) is 8.70. The summed E-state index contributed by atoms with van der Waals surface area (Å²) in [5.74, 6) is 0.739. The van der Waals surface area contributed by atoms with Crippen LogP contribution in [0.5, 0.6) is 0 Å². The minimum absolute atomic E-state index is 0.182. The molecule has 0 spiro atoms. The molecule has 0 aliphatic carbocycles. The van der Waals surface area contributed by atoms with Crippen molar-refractivity contribution in [1.29, 1.82) is 0 Å². The first-order valence-electron chi connectivity index (χ1n) is 7.08. The van der Waals surface area contributed by atoms with E-state index in [2.05, 4.69) is 9.97 Å². The Hall–Kier alpha value is -1.18. The number of sulfonamides is 1.